The molecule has 0 spiro atoms. The molecular weight excluding hydrogens is 338 g/mol. The zero-order valence-corrected chi connectivity index (χ0v) is 15.7. The first-order valence-electron chi connectivity index (χ1n) is 8.81. The number of sulfonamides is 1. The molecule has 0 aromatic heterocycles. The van der Waals surface area contributed by atoms with Crippen LogP contribution in [-0.4, -0.2) is 32.8 Å². The summed E-state index contributed by atoms with van der Waals surface area (Å²) in [6, 6.07) is 10.1. The van der Waals surface area contributed by atoms with Crippen LogP contribution in [0.5, 0.6) is 5.75 Å². The van der Waals surface area contributed by atoms with Crippen molar-refractivity contribution in [3.05, 3.63) is 36.4 Å². The molecule has 0 bridgehead atoms. The fraction of sp³-hybridized carbons (Fsp3) is 0.474. The first kappa shape index (κ1) is 19.7. The van der Waals surface area contributed by atoms with Crippen LogP contribution in [0.1, 0.15) is 39.5 Å². The summed E-state index contributed by atoms with van der Waals surface area (Å²) >= 11 is 0. The third-order valence-corrected chi connectivity index (χ3v) is 5.75. The highest BCUT2D eigenvalue weighted by Crippen LogP contribution is 2.31. The van der Waals surface area contributed by atoms with Crippen molar-refractivity contribution in [3.8, 4) is 5.75 Å². The molecule has 138 valence electrons. The largest absolute Gasteiger partial charge is 0.493 e. The number of unbranched alkanes of at least 4 members (excludes halogenated alkanes) is 2. The fourth-order valence-electron chi connectivity index (χ4n) is 2.67. The maximum absolute atomic E-state index is 12.7. The molecule has 0 radical (unpaired) electrons. The summed E-state index contributed by atoms with van der Waals surface area (Å²) in [5.74, 6) is 0.694. The van der Waals surface area contributed by atoms with Gasteiger partial charge in [0.05, 0.1) is 18.1 Å². The molecule has 0 aliphatic carbocycles. The average Bonchev–Trinajstić information content (AvgIpc) is 2.63. The molecule has 2 N–H and O–H groups in total. The van der Waals surface area contributed by atoms with Crippen LogP contribution in [0.15, 0.2) is 41.3 Å². The van der Waals surface area contributed by atoms with Crippen LogP contribution in [-0.2, 0) is 10.0 Å². The van der Waals surface area contributed by atoms with E-state index in [1.54, 1.807) is 18.2 Å². The third kappa shape index (κ3) is 4.93. The van der Waals surface area contributed by atoms with Gasteiger partial charge >= 0.3 is 0 Å². The molecule has 0 saturated heterocycles. The third-order valence-electron chi connectivity index (χ3n) is 4.17. The first-order valence-corrected chi connectivity index (χ1v) is 10.3. The number of fused-ring (bicyclic) bond motifs is 1. The number of benzene rings is 2. The van der Waals surface area contributed by atoms with Crippen molar-refractivity contribution >= 4 is 20.8 Å². The molecular formula is C19H27NO4S. The lowest BCUT2D eigenvalue weighted by atomic mass is 10.1. The van der Waals surface area contributed by atoms with Gasteiger partial charge in [-0.3, -0.25) is 0 Å². The lowest BCUT2D eigenvalue weighted by Crippen LogP contribution is -2.36. The Bertz CT molecular complexity index is 785. The highest BCUT2D eigenvalue weighted by molar-refractivity contribution is 7.89. The second-order valence-corrected chi connectivity index (χ2v) is 7.75. The van der Waals surface area contributed by atoms with E-state index in [1.165, 1.54) is 0 Å². The van der Waals surface area contributed by atoms with Crippen LogP contribution < -0.4 is 9.46 Å². The fourth-order valence-corrected chi connectivity index (χ4v) is 4.19. The van der Waals surface area contributed by atoms with Crippen LogP contribution in [0.3, 0.4) is 0 Å². The summed E-state index contributed by atoms with van der Waals surface area (Å²) in [5, 5.41) is 10.7. The number of rotatable bonds is 10. The van der Waals surface area contributed by atoms with Crippen LogP contribution in [0, 0.1) is 0 Å². The Morgan fingerprint density at radius 1 is 1.08 bits per heavy atom. The van der Waals surface area contributed by atoms with Crippen molar-refractivity contribution in [2.75, 3.05) is 13.2 Å². The molecule has 0 aliphatic rings. The highest BCUT2D eigenvalue weighted by Gasteiger charge is 2.22. The molecule has 2 rings (SSSR count). The van der Waals surface area contributed by atoms with Crippen molar-refractivity contribution in [1.29, 1.82) is 0 Å². The second kappa shape index (κ2) is 9.17. The minimum absolute atomic E-state index is 0.205. The Morgan fingerprint density at radius 2 is 1.80 bits per heavy atom. The lowest BCUT2D eigenvalue weighted by molar-refractivity contribution is 0.254. The maximum atomic E-state index is 12.7. The molecule has 0 unspecified atom stereocenters. The number of aliphatic hydroxyl groups excluding tert-OH is 1. The van der Waals surface area contributed by atoms with Gasteiger partial charge in [-0.15, -0.1) is 0 Å². The standard InChI is InChI=1S/C19H27NO4S/c1-3-5-8-13-24-18-11-12-19(17-10-7-6-9-16(17)18)25(22,23)20-15(4-2)14-21/h6-7,9-12,15,20-21H,3-5,8,13-14H2,1-2H3/t15-/m1/s1. The summed E-state index contributed by atoms with van der Waals surface area (Å²) < 4.78 is 33.9. The van der Waals surface area contributed by atoms with Crippen LogP contribution in [0.2, 0.25) is 0 Å². The Hall–Kier alpha value is -1.63. The zero-order valence-electron chi connectivity index (χ0n) is 14.9. The van der Waals surface area contributed by atoms with Gasteiger partial charge in [0, 0.05) is 16.8 Å². The Kier molecular flexibility index (Phi) is 7.23. The highest BCUT2D eigenvalue weighted by atomic mass is 32.2. The molecule has 25 heavy (non-hydrogen) atoms. The minimum atomic E-state index is -3.72. The van der Waals surface area contributed by atoms with Gasteiger partial charge in [-0.25, -0.2) is 13.1 Å². The van der Waals surface area contributed by atoms with E-state index in [0.29, 0.717) is 24.2 Å². The number of ether oxygens (including phenoxy) is 1. The van der Waals surface area contributed by atoms with Gasteiger partial charge in [-0.05, 0) is 25.0 Å². The summed E-state index contributed by atoms with van der Waals surface area (Å²) in [4.78, 5) is 0.205. The van der Waals surface area contributed by atoms with Crippen LogP contribution in [0.25, 0.3) is 10.8 Å². The molecule has 2 aromatic rings. The van der Waals surface area contributed by atoms with E-state index in [2.05, 4.69) is 11.6 Å². The quantitative estimate of drug-likeness (QED) is 0.632. The topological polar surface area (TPSA) is 75.6 Å². The van der Waals surface area contributed by atoms with Crippen molar-refractivity contribution in [3.63, 3.8) is 0 Å². The molecule has 5 nitrogen and oxygen atoms in total. The van der Waals surface area contributed by atoms with E-state index >= 15 is 0 Å². The van der Waals surface area contributed by atoms with Crippen molar-refractivity contribution in [2.45, 2.75) is 50.5 Å². The molecule has 0 saturated carbocycles. The summed E-state index contributed by atoms with van der Waals surface area (Å²) in [6.45, 7) is 4.35. The maximum Gasteiger partial charge on any atom is 0.241 e. The Balaban J connectivity index is 2.36. The van der Waals surface area contributed by atoms with E-state index in [0.717, 1.165) is 24.6 Å². The van der Waals surface area contributed by atoms with E-state index in [4.69, 9.17) is 4.74 Å². The molecule has 0 fully saturated rings. The Labute approximate surface area is 150 Å². The molecule has 0 amide bonds. The molecule has 2 aromatic carbocycles. The molecule has 0 heterocycles. The van der Waals surface area contributed by atoms with E-state index in [-0.39, 0.29) is 11.5 Å². The summed E-state index contributed by atoms with van der Waals surface area (Å²) in [5.41, 5.74) is 0. The van der Waals surface area contributed by atoms with Gasteiger partial charge in [0.1, 0.15) is 5.75 Å². The first-order chi connectivity index (χ1) is 12.0. The second-order valence-electron chi connectivity index (χ2n) is 6.07. The molecule has 0 aliphatic heterocycles. The van der Waals surface area contributed by atoms with Crippen molar-refractivity contribution in [2.24, 2.45) is 0 Å². The summed E-state index contributed by atoms with van der Waals surface area (Å²) in [7, 11) is -3.72. The normalized spacial score (nSPS) is 13.1. The molecule has 6 heteroatoms. The SMILES string of the molecule is CCCCCOc1ccc(S(=O)(=O)N[C@H](CC)CO)c2ccccc12. The van der Waals surface area contributed by atoms with Gasteiger partial charge in [0.15, 0.2) is 0 Å². The average molecular weight is 365 g/mol. The van der Waals surface area contributed by atoms with Crippen LogP contribution >= 0.6 is 0 Å². The van der Waals surface area contributed by atoms with E-state index in [1.807, 2.05) is 25.1 Å². The van der Waals surface area contributed by atoms with Gasteiger partial charge in [-0.2, -0.15) is 0 Å². The van der Waals surface area contributed by atoms with Gasteiger partial charge in [0.25, 0.3) is 0 Å². The van der Waals surface area contributed by atoms with Crippen molar-refractivity contribution in [1.82, 2.24) is 4.72 Å². The van der Waals surface area contributed by atoms with Gasteiger partial charge in [-0.1, -0.05) is 51.0 Å². The number of aliphatic hydroxyl groups is 1. The van der Waals surface area contributed by atoms with Gasteiger partial charge < -0.3 is 9.84 Å². The number of hydrogen-bond acceptors (Lipinski definition) is 4. The number of nitrogens with one attached hydrogen (secondary N) is 1. The predicted molar refractivity (Wildman–Crippen MR) is 100 cm³/mol. The molecule has 1 atom stereocenters. The zero-order chi connectivity index (χ0) is 18.3. The predicted octanol–water partition coefficient (Wildman–Crippen LogP) is 3.46. The number of hydrogen-bond donors (Lipinski definition) is 2. The smallest absolute Gasteiger partial charge is 0.241 e. The van der Waals surface area contributed by atoms with Crippen molar-refractivity contribution < 1.29 is 18.3 Å². The summed E-state index contributed by atoms with van der Waals surface area (Å²) in [6.07, 6.45) is 3.72. The van der Waals surface area contributed by atoms with Gasteiger partial charge in [0.2, 0.25) is 10.0 Å². The monoisotopic (exact) mass is 365 g/mol. The van der Waals surface area contributed by atoms with E-state index < -0.39 is 16.1 Å². The van der Waals surface area contributed by atoms with Crippen LogP contribution in [0.4, 0.5) is 0 Å². The minimum Gasteiger partial charge on any atom is -0.493 e. The Morgan fingerprint density at radius 3 is 2.44 bits per heavy atom. The van der Waals surface area contributed by atoms with E-state index in [9.17, 15) is 13.5 Å². The lowest BCUT2D eigenvalue weighted by Gasteiger charge is -2.17.